The Morgan fingerprint density at radius 3 is 3.00 bits per heavy atom. The third-order valence-electron chi connectivity index (χ3n) is 4.97. The summed E-state index contributed by atoms with van der Waals surface area (Å²) in [5.74, 6) is -3.77. The van der Waals surface area contributed by atoms with Gasteiger partial charge in [0.05, 0.1) is 11.9 Å². The van der Waals surface area contributed by atoms with Crippen molar-refractivity contribution in [3.8, 4) is 0 Å². The molecule has 2 aromatic heterocycles. The Hall–Kier alpha value is -2.25. The lowest BCUT2D eigenvalue weighted by Gasteiger charge is -2.15. The minimum Gasteiger partial charge on any atom is -0.318 e. The summed E-state index contributed by atoms with van der Waals surface area (Å²) in [4.78, 5) is 12.3. The number of aromatic amines is 1. The summed E-state index contributed by atoms with van der Waals surface area (Å²) < 4.78 is 29.3. The van der Waals surface area contributed by atoms with Crippen molar-refractivity contribution >= 4 is 11.6 Å². The number of aromatic nitrogens is 4. The van der Waals surface area contributed by atoms with Gasteiger partial charge >= 0.3 is 0 Å². The van der Waals surface area contributed by atoms with Crippen LogP contribution < -0.4 is 5.32 Å². The molecule has 2 aromatic rings. The molecule has 0 saturated heterocycles. The summed E-state index contributed by atoms with van der Waals surface area (Å²) >= 11 is 0. The predicted molar refractivity (Wildman–Crippen MR) is 73.7 cm³/mol. The summed E-state index contributed by atoms with van der Waals surface area (Å²) in [6, 6.07) is 0. The van der Waals surface area contributed by atoms with Crippen molar-refractivity contribution in [3.63, 3.8) is 0 Å². The molecule has 0 radical (unpaired) electrons. The molecule has 2 heterocycles. The quantitative estimate of drug-likeness (QED) is 0.888. The minimum absolute atomic E-state index is 0.186. The predicted octanol–water partition coefficient (Wildman–Crippen LogP) is 1.77. The number of aryl methyl sites for hydroxylation is 1. The molecule has 1 fully saturated rings. The topological polar surface area (TPSA) is 75.6 Å². The molecule has 8 heteroatoms. The number of halogens is 2. The first-order chi connectivity index (χ1) is 10.3. The number of amides is 1. The Morgan fingerprint density at radius 1 is 1.55 bits per heavy atom. The Bertz CT molecular complexity index is 780. The molecule has 0 aromatic carbocycles. The number of anilines is 1. The molecule has 1 saturated carbocycles. The van der Waals surface area contributed by atoms with E-state index >= 15 is 0 Å². The first-order valence-electron chi connectivity index (χ1n) is 7.07. The van der Waals surface area contributed by atoms with Gasteiger partial charge in [0.2, 0.25) is 0 Å². The second kappa shape index (κ2) is 3.93. The summed E-state index contributed by atoms with van der Waals surface area (Å²) in [5, 5.41) is 13.4. The normalized spacial score (nSPS) is 27.9. The van der Waals surface area contributed by atoms with Crippen molar-refractivity contribution in [3.05, 3.63) is 29.3 Å². The number of carbonyl (C=O) groups excluding carboxylic acids is 1. The molecule has 2 atom stereocenters. The molecule has 0 unspecified atom stereocenters. The first-order valence-corrected chi connectivity index (χ1v) is 7.07. The van der Waals surface area contributed by atoms with Gasteiger partial charge in [-0.15, -0.1) is 0 Å². The molecule has 22 heavy (non-hydrogen) atoms. The van der Waals surface area contributed by atoms with Gasteiger partial charge in [-0.1, -0.05) is 6.92 Å². The van der Waals surface area contributed by atoms with E-state index in [4.69, 9.17) is 0 Å². The van der Waals surface area contributed by atoms with E-state index in [1.54, 1.807) is 24.9 Å². The zero-order chi connectivity index (χ0) is 15.7. The van der Waals surface area contributed by atoms with Crippen molar-refractivity contribution in [2.45, 2.75) is 25.7 Å². The van der Waals surface area contributed by atoms with Crippen LogP contribution in [-0.4, -0.2) is 31.8 Å². The summed E-state index contributed by atoms with van der Waals surface area (Å²) in [6.45, 7) is 1.59. The Balaban J connectivity index is 1.60. The zero-order valence-corrected chi connectivity index (χ0v) is 12.2. The van der Waals surface area contributed by atoms with Crippen LogP contribution in [0.3, 0.4) is 0 Å². The van der Waals surface area contributed by atoms with Gasteiger partial charge in [-0.2, -0.15) is 10.2 Å². The van der Waals surface area contributed by atoms with Crippen LogP contribution in [0.2, 0.25) is 0 Å². The second-order valence-corrected chi connectivity index (χ2v) is 6.36. The van der Waals surface area contributed by atoms with Crippen molar-refractivity contribution in [2.75, 3.05) is 5.32 Å². The van der Waals surface area contributed by atoms with Gasteiger partial charge in [0.15, 0.2) is 5.69 Å². The van der Waals surface area contributed by atoms with E-state index in [2.05, 4.69) is 20.6 Å². The van der Waals surface area contributed by atoms with Crippen LogP contribution >= 0.6 is 0 Å². The van der Waals surface area contributed by atoms with Gasteiger partial charge in [-0.05, 0) is 6.42 Å². The van der Waals surface area contributed by atoms with Crippen molar-refractivity contribution in [2.24, 2.45) is 18.4 Å². The van der Waals surface area contributed by atoms with Crippen LogP contribution in [0.4, 0.5) is 14.5 Å². The zero-order valence-electron chi connectivity index (χ0n) is 12.2. The lowest BCUT2D eigenvalue weighted by Crippen LogP contribution is -2.18. The minimum atomic E-state index is -2.66. The largest absolute Gasteiger partial charge is 0.318 e. The van der Waals surface area contributed by atoms with E-state index in [0.717, 1.165) is 0 Å². The fourth-order valence-electron chi connectivity index (χ4n) is 3.47. The monoisotopic (exact) mass is 307 g/mol. The molecule has 4 rings (SSSR count). The number of hydrogen-bond acceptors (Lipinski definition) is 3. The molecule has 1 amide bonds. The van der Waals surface area contributed by atoms with Crippen LogP contribution in [0.25, 0.3) is 0 Å². The number of carbonyl (C=O) groups is 1. The van der Waals surface area contributed by atoms with E-state index in [1.165, 1.54) is 6.20 Å². The van der Waals surface area contributed by atoms with Gasteiger partial charge in [-0.3, -0.25) is 14.6 Å². The average Bonchev–Trinajstić information content (AvgIpc) is 2.86. The van der Waals surface area contributed by atoms with Gasteiger partial charge in [0.1, 0.15) is 0 Å². The number of nitrogens with zero attached hydrogens (tertiary/aromatic N) is 3. The molecule has 0 spiro atoms. The standard InChI is InChI=1S/C14H15F2N5O/c1-13-4-9-8(3-10(13)14(13,15)16)11(20-19-9)12(22)18-7-5-17-21(2)6-7/h5-6,10H,3-4H2,1-2H3,(H,18,22)(H,19,20)/t10-,13+/m0/s1. The van der Waals surface area contributed by atoms with E-state index < -0.39 is 23.2 Å². The van der Waals surface area contributed by atoms with Gasteiger partial charge < -0.3 is 5.32 Å². The number of rotatable bonds is 2. The highest BCUT2D eigenvalue weighted by molar-refractivity contribution is 6.04. The SMILES string of the molecule is Cn1cc(NC(=O)c2n[nH]c3c2C[C@@H]2C(F)(F)[C@]2(C)C3)cn1. The number of alkyl halides is 2. The van der Waals surface area contributed by atoms with E-state index in [0.29, 0.717) is 16.9 Å². The fraction of sp³-hybridized carbons (Fsp3) is 0.500. The van der Waals surface area contributed by atoms with E-state index in [9.17, 15) is 13.6 Å². The maximum absolute atomic E-state index is 13.9. The van der Waals surface area contributed by atoms with Crippen LogP contribution in [0.15, 0.2) is 12.4 Å². The lowest BCUT2D eigenvalue weighted by molar-refractivity contribution is 0.0631. The number of fused-ring (bicyclic) bond motifs is 2. The third kappa shape index (κ3) is 1.60. The molecule has 0 bridgehead atoms. The van der Waals surface area contributed by atoms with Crippen LogP contribution in [0.5, 0.6) is 0 Å². The number of H-pyrrole nitrogens is 1. The molecular formula is C14H15F2N5O. The molecule has 2 N–H and O–H groups in total. The summed E-state index contributed by atoms with van der Waals surface area (Å²) in [5.41, 5.74) is 1.00. The van der Waals surface area contributed by atoms with Gasteiger partial charge in [0, 0.05) is 42.3 Å². The smallest absolute Gasteiger partial charge is 0.276 e. The molecule has 116 valence electrons. The molecule has 2 aliphatic rings. The van der Waals surface area contributed by atoms with Gasteiger partial charge in [-0.25, -0.2) is 8.78 Å². The van der Waals surface area contributed by atoms with Crippen LogP contribution in [0.1, 0.15) is 28.7 Å². The number of hydrogen-bond donors (Lipinski definition) is 2. The Kier molecular flexibility index (Phi) is 2.40. The Labute approximate surface area is 124 Å². The average molecular weight is 307 g/mol. The second-order valence-electron chi connectivity index (χ2n) is 6.36. The highest BCUT2D eigenvalue weighted by Gasteiger charge is 2.78. The van der Waals surface area contributed by atoms with Crippen LogP contribution in [0, 0.1) is 11.3 Å². The summed E-state index contributed by atoms with van der Waals surface area (Å²) in [6.07, 6.45) is 3.59. The summed E-state index contributed by atoms with van der Waals surface area (Å²) in [7, 11) is 1.74. The molecule has 2 aliphatic carbocycles. The first kappa shape index (κ1) is 13.4. The molecule has 0 aliphatic heterocycles. The highest BCUT2D eigenvalue weighted by Crippen LogP contribution is 2.70. The fourth-order valence-corrected chi connectivity index (χ4v) is 3.47. The molecule has 6 nitrogen and oxygen atoms in total. The van der Waals surface area contributed by atoms with Crippen molar-refractivity contribution in [1.29, 1.82) is 0 Å². The highest BCUT2D eigenvalue weighted by atomic mass is 19.3. The van der Waals surface area contributed by atoms with Crippen molar-refractivity contribution in [1.82, 2.24) is 20.0 Å². The van der Waals surface area contributed by atoms with Gasteiger partial charge in [0.25, 0.3) is 11.8 Å². The van der Waals surface area contributed by atoms with Crippen LogP contribution in [-0.2, 0) is 19.9 Å². The third-order valence-corrected chi connectivity index (χ3v) is 4.97. The Morgan fingerprint density at radius 2 is 2.32 bits per heavy atom. The molecular weight excluding hydrogens is 292 g/mol. The van der Waals surface area contributed by atoms with E-state index in [1.807, 2.05) is 0 Å². The van der Waals surface area contributed by atoms with E-state index in [-0.39, 0.29) is 18.5 Å². The number of nitrogens with one attached hydrogen (secondary N) is 2. The lowest BCUT2D eigenvalue weighted by atomic mass is 9.87. The maximum atomic E-state index is 13.9. The van der Waals surface area contributed by atoms with Crippen molar-refractivity contribution < 1.29 is 13.6 Å². The maximum Gasteiger partial charge on any atom is 0.276 e.